The topological polar surface area (TPSA) is 48.5 Å². The highest BCUT2D eigenvalue weighted by atomic mass is 35.5. The number of likely N-dealkylation sites (tertiary alicyclic amines) is 1. The van der Waals surface area contributed by atoms with Crippen LogP contribution < -0.4 is 10.2 Å². The summed E-state index contributed by atoms with van der Waals surface area (Å²) in [5.74, 6) is 1.25. The number of pyridine rings is 1. The molecule has 29 heavy (non-hydrogen) atoms. The van der Waals surface area contributed by atoms with Crippen molar-refractivity contribution in [2.75, 3.05) is 31.1 Å². The van der Waals surface area contributed by atoms with Gasteiger partial charge in [-0.1, -0.05) is 41.9 Å². The van der Waals surface area contributed by atoms with E-state index in [1.807, 2.05) is 12.1 Å². The molecule has 1 aromatic carbocycles. The van der Waals surface area contributed by atoms with Crippen molar-refractivity contribution >= 4 is 23.3 Å². The van der Waals surface area contributed by atoms with Crippen LogP contribution in [0.15, 0.2) is 48.7 Å². The molecule has 0 bridgehead atoms. The number of piperidine rings is 1. The molecule has 2 aliphatic heterocycles. The molecule has 154 valence electrons. The molecular weight excluding hydrogens is 384 g/mol. The summed E-state index contributed by atoms with van der Waals surface area (Å²) < 4.78 is 0. The molecule has 0 spiro atoms. The van der Waals surface area contributed by atoms with Crippen LogP contribution in [0.4, 0.5) is 5.82 Å². The van der Waals surface area contributed by atoms with E-state index in [2.05, 4.69) is 57.4 Å². The third-order valence-corrected chi connectivity index (χ3v) is 6.52. The van der Waals surface area contributed by atoms with Crippen LogP contribution in [0.2, 0.25) is 5.02 Å². The van der Waals surface area contributed by atoms with Gasteiger partial charge < -0.3 is 10.2 Å². The second-order valence-corrected chi connectivity index (χ2v) is 8.61. The van der Waals surface area contributed by atoms with Gasteiger partial charge in [-0.25, -0.2) is 4.98 Å². The Kier molecular flexibility index (Phi) is 6.36. The lowest BCUT2D eigenvalue weighted by atomic mass is 9.95. The number of benzene rings is 1. The standard InChI is InChI=1S/C23H29ClN4O/c1-17(18-5-3-2-4-6-18)28-14-11-21(16-28)26-23(29)19-9-12-27(13-10-19)22-8-7-20(24)15-25-22/h2-8,15,17,19,21H,9-14,16H2,1H3,(H,26,29). The van der Waals surface area contributed by atoms with E-state index in [1.54, 1.807) is 6.20 Å². The number of carbonyl (C=O) groups excluding carboxylic acids is 1. The molecular formula is C23H29ClN4O. The average Bonchev–Trinajstić information content (AvgIpc) is 3.23. The second kappa shape index (κ2) is 9.14. The largest absolute Gasteiger partial charge is 0.357 e. The molecule has 2 aromatic rings. The van der Waals surface area contributed by atoms with Crippen LogP contribution in [0, 0.1) is 5.92 Å². The van der Waals surface area contributed by atoms with Gasteiger partial charge in [-0.3, -0.25) is 9.69 Å². The van der Waals surface area contributed by atoms with Crippen molar-refractivity contribution in [3.05, 3.63) is 59.2 Å². The molecule has 0 radical (unpaired) electrons. The number of amides is 1. The Morgan fingerprint density at radius 3 is 2.55 bits per heavy atom. The van der Waals surface area contributed by atoms with E-state index in [4.69, 9.17) is 11.6 Å². The molecule has 1 N–H and O–H groups in total. The smallest absolute Gasteiger partial charge is 0.223 e. The van der Waals surface area contributed by atoms with Crippen LogP contribution in [0.5, 0.6) is 0 Å². The summed E-state index contributed by atoms with van der Waals surface area (Å²) in [7, 11) is 0. The van der Waals surface area contributed by atoms with Crippen LogP contribution in [-0.2, 0) is 4.79 Å². The summed E-state index contributed by atoms with van der Waals surface area (Å²) in [5, 5.41) is 3.96. The molecule has 2 unspecified atom stereocenters. The lowest BCUT2D eigenvalue weighted by Gasteiger charge is -2.32. The van der Waals surface area contributed by atoms with Crippen LogP contribution >= 0.6 is 11.6 Å². The van der Waals surface area contributed by atoms with Gasteiger partial charge >= 0.3 is 0 Å². The predicted molar refractivity (Wildman–Crippen MR) is 117 cm³/mol. The first-order valence-corrected chi connectivity index (χ1v) is 10.9. The molecule has 2 fully saturated rings. The van der Waals surface area contributed by atoms with Crippen molar-refractivity contribution in [3.63, 3.8) is 0 Å². The molecule has 3 heterocycles. The first kappa shape index (κ1) is 20.2. The molecule has 2 atom stereocenters. The van der Waals surface area contributed by atoms with E-state index < -0.39 is 0 Å². The van der Waals surface area contributed by atoms with Gasteiger partial charge in [0.2, 0.25) is 5.91 Å². The summed E-state index contributed by atoms with van der Waals surface area (Å²) in [6.45, 7) is 5.92. The van der Waals surface area contributed by atoms with Gasteiger partial charge in [0, 0.05) is 50.4 Å². The van der Waals surface area contributed by atoms with E-state index in [-0.39, 0.29) is 17.9 Å². The maximum absolute atomic E-state index is 12.8. The monoisotopic (exact) mass is 412 g/mol. The zero-order valence-corrected chi connectivity index (χ0v) is 17.7. The van der Waals surface area contributed by atoms with Gasteiger partial charge in [0.05, 0.1) is 5.02 Å². The maximum Gasteiger partial charge on any atom is 0.223 e. The molecule has 5 nitrogen and oxygen atoms in total. The third kappa shape index (κ3) is 4.90. The Hall–Kier alpha value is -2.11. The molecule has 2 aliphatic rings. The molecule has 0 saturated carbocycles. The van der Waals surface area contributed by atoms with Crippen molar-refractivity contribution in [2.45, 2.75) is 38.3 Å². The SMILES string of the molecule is CC(c1ccccc1)N1CCC(NC(=O)C2CCN(c3ccc(Cl)cn3)CC2)C1. The van der Waals surface area contributed by atoms with Gasteiger partial charge in [0.1, 0.15) is 5.82 Å². The molecule has 2 saturated heterocycles. The Balaban J connectivity index is 1.25. The lowest BCUT2D eigenvalue weighted by molar-refractivity contribution is -0.126. The molecule has 1 amide bonds. The van der Waals surface area contributed by atoms with E-state index in [1.165, 1.54) is 5.56 Å². The minimum atomic E-state index is 0.0964. The van der Waals surface area contributed by atoms with Crippen LogP contribution in [0.3, 0.4) is 0 Å². The Labute approximate surface area is 178 Å². The van der Waals surface area contributed by atoms with Gasteiger partial charge in [-0.05, 0) is 43.9 Å². The summed E-state index contributed by atoms with van der Waals surface area (Å²) >= 11 is 5.92. The van der Waals surface area contributed by atoms with E-state index in [0.717, 1.165) is 51.3 Å². The highest BCUT2D eigenvalue weighted by molar-refractivity contribution is 6.30. The lowest BCUT2D eigenvalue weighted by Crippen LogP contribution is -2.45. The number of hydrogen-bond donors (Lipinski definition) is 1. The normalized spacial score (nSPS) is 21.9. The van der Waals surface area contributed by atoms with Gasteiger partial charge in [-0.15, -0.1) is 0 Å². The number of nitrogens with one attached hydrogen (secondary N) is 1. The van der Waals surface area contributed by atoms with Crippen molar-refractivity contribution in [2.24, 2.45) is 5.92 Å². The highest BCUT2D eigenvalue weighted by Gasteiger charge is 2.31. The van der Waals surface area contributed by atoms with Gasteiger partial charge in [-0.2, -0.15) is 0 Å². The van der Waals surface area contributed by atoms with Crippen LogP contribution in [-0.4, -0.2) is 48.0 Å². The fourth-order valence-corrected chi connectivity index (χ4v) is 4.56. The number of anilines is 1. The number of halogens is 1. The molecule has 1 aromatic heterocycles. The minimum absolute atomic E-state index is 0.0964. The van der Waals surface area contributed by atoms with E-state index in [9.17, 15) is 4.79 Å². The Morgan fingerprint density at radius 1 is 1.10 bits per heavy atom. The fourth-order valence-electron chi connectivity index (χ4n) is 4.44. The third-order valence-electron chi connectivity index (χ3n) is 6.30. The Bertz CT molecular complexity index is 805. The summed E-state index contributed by atoms with van der Waals surface area (Å²) in [4.78, 5) is 21.9. The summed E-state index contributed by atoms with van der Waals surface area (Å²) in [6.07, 6.45) is 4.44. The van der Waals surface area contributed by atoms with Crippen LogP contribution in [0.25, 0.3) is 0 Å². The number of carbonyl (C=O) groups is 1. The zero-order valence-electron chi connectivity index (χ0n) is 16.9. The number of hydrogen-bond acceptors (Lipinski definition) is 4. The first-order valence-electron chi connectivity index (χ1n) is 10.6. The average molecular weight is 413 g/mol. The van der Waals surface area contributed by atoms with Crippen molar-refractivity contribution < 1.29 is 4.79 Å². The quantitative estimate of drug-likeness (QED) is 0.809. The molecule has 0 aliphatic carbocycles. The van der Waals surface area contributed by atoms with Crippen molar-refractivity contribution in [3.8, 4) is 0 Å². The van der Waals surface area contributed by atoms with Crippen LogP contribution in [0.1, 0.15) is 37.8 Å². The summed E-state index contributed by atoms with van der Waals surface area (Å²) in [6, 6.07) is 15.0. The van der Waals surface area contributed by atoms with Crippen molar-refractivity contribution in [1.29, 1.82) is 0 Å². The zero-order chi connectivity index (χ0) is 20.2. The maximum atomic E-state index is 12.8. The second-order valence-electron chi connectivity index (χ2n) is 8.17. The summed E-state index contributed by atoms with van der Waals surface area (Å²) in [5.41, 5.74) is 1.34. The fraction of sp³-hybridized carbons (Fsp3) is 0.478. The van der Waals surface area contributed by atoms with E-state index >= 15 is 0 Å². The number of aromatic nitrogens is 1. The van der Waals surface area contributed by atoms with Gasteiger partial charge in [0.15, 0.2) is 0 Å². The molecule has 4 rings (SSSR count). The number of nitrogens with zero attached hydrogens (tertiary/aromatic N) is 3. The predicted octanol–water partition coefficient (Wildman–Crippen LogP) is 3.90. The minimum Gasteiger partial charge on any atom is -0.357 e. The number of rotatable bonds is 5. The highest BCUT2D eigenvalue weighted by Crippen LogP contribution is 2.26. The first-order chi connectivity index (χ1) is 14.1. The van der Waals surface area contributed by atoms with E-state index in [0.29, 0.717) is 11.1 Å². The molecule has 6 heteroatoms. The van der Waals surface area contributed by atoms with Crippen molar-refractivity contribution in [1.82, 2.24) is 15.2 Å². The Morgan fingerprint density at radius 2 is 1.86 bits per heavy atom. The van der Waals surface area contributed by atoms with Gasteiger partial charge in [0.25, 0.3) is 0 Å².